The van der Waals surface area contributed by atoms with Crippen LogP contribution < -0.4 is 0 Å². The zero-order chi connectivity index (χ0) is 8.43. The van der Waals surface area contributed by atoms with Gasteiger partial charge in [0, 0.05) is 7.11 Å². The first kappa shape index (κ1) is 8.10. The predicted molar refractivity (Wildman–Crippen MR) is 38.2 cm³/mol. The zero-order valence-corrected chi connectivity index (χ0v) is 6.06. The van der Waals surface area contributed by atoms with Gasteiger partial charge in [0.15, 0.2) is 0 Å². The Balaban J connectivity index is 2.79. The van der Waals surface area contributed by atoms with Crippen LogP contribution in [-0.4, -0.2) is 34.6 Å². The van der Waals surface area contributed by atoms with Gasteiger partial charge in [-0.1, -0.05) is 0 Å². The lowest BCUT2D eigenvalue weighted by Gasteiger charge is -2.18. The number of rotatable bonds is 1. The molecular formula is C7H10O4. The number of aliphatic hydroxyl groups is 3. The molecule has 4 heteroatoms. The molecule has 4 nitrogen and oxygen atoms in total. The van der Waals surface area contributed by atoms with Gasteiger partial charge < -0.3 is 20.1 Å². The van der Waals surface area contributed by atoms with Gasteiger partial charge in [0.1, 0.15) is 23.7 Å². The summed E-state index contributed by atoms with van der Waals surface area (Å²) in [4.78, 5) is 0. The van der Waals surface area contributed by atoms with Crippen LogP contribution in [0, 0.1) is 0 Å². The molecule has 0 spiro atoms. The van der Waals surface area contributed by atoms with Crippen molar-refractivity contribution in [3.8, 4) is 0 Å². The van der Waals surface area contributed by atoms with Crippen LogP contribution in [0.25, 0.3) is 0 Å². The van der Waals surface area contributed by atoms with Crippen LogP contribution in [-0.2, 0) is 4.74 Å². The molecule has 2 unspecified atom stereocenters. The summed E-state index contributed by atoms with van der Waals surface area (Å²) >= 11 is 0. The second-order valence-corrected chi connectivity index (χ2v) is 2.28. The van der Waals surface area contributed by atoms with E-state index in [9.17, 15) is 0 Å². The second kappa shape index (κ2) is 2.94. The molecule has 11 heavy (non-hydrogen) atoms. The molecule has 0 bridgehead atoms. The normalized spacial score (nSPS) is 31.1. The third kappa shape index (κ3) is 1.53. The Bertz CT molecular complexity index is 206. The van der Waals surface area contributed by atoms with E-state index >= 15 is 0 Å². The average molecular weight is 158 g/mol. The van der Waals surface area contributed by atoms with Gasteiger partial charge in [0.25, 0.3) is 0 Å². The van der Waals surface area contributed by atoms with Gasteiger partial charge in [0.2, 0.25) is 0 Å². The lowest BCUT2D eigenvalue weighted by atomic mass is 10.1. The number of hydrogen-bond donors (Lipinski definition) is 3. The van der Waals surface area contributed by atoms with E-state index in [1.54, 1.807) is 0 Å². The molecule has 0 saturated carbocycles. The van der Waals surface area contributed by atoms with Crippen molar-refractivity contribution in [2.75, 3.05) is 7.11 Å². The highest BCUT2D eigenvalue weighted by molar-refractivity contribution is 5.23. The molecule has 62 valence electrons. The lowest BCUT2D eigenvalue weighted by molar-refractivity contribution is 0.104. The molecule has 0 heterocycles. The maximum absolute atomic E-state index is 9.08. The molecule has 0 aliphatic heterocycles. The van der Waals surface area contributed by atoms with Crippen LogP contribution in [0.1, 0.15) is 0 Å². The molecule has 3 N–H and O–H groups in total. The molecule has 1 aliphatic carbocycles. The summed E-state index contributed by atoms with van der Waals surface area (Å²) in [6.07, 6.45) is 0.628. The van der Waals surface area contributed by atoms with Crippen molar-refractivity contribution in [1.82, 2.24) is 0 Å². The van der Waals surface area contributed by atoms with Gasteiger partial charge >= 0.3 is 0 Å². The smallest absolute Gasteiger partial charge is 0.135 e. The van der Waals surface area contributed by atoms with Crippen LogP contribution in [0.15, 0.2) is 23.7 Å². The summed E-state index contributed by atoms with van der Waals surface area (Å²) in [5.41, 5.74) is 0. The minimum absolute atomic E-state index is 0.0854. The first-order valence-electron chi connectivity index (χ1n) is 3.17. The maximum Gasteiger partial charge on any atom is 0.135 e. The van der Waals surface area contributed by atoms with Gasteiger partial charge in [-0.2, -0.15) is 0 Å². The Hall–Kier alpha value is -1.00. The summed E-state index contributed by atoms with van der Waals surface area (Å²) in [5.74, 6) is -0.285. The van der Waals surface area contributed by atoms with Crippen LogP contribution in [0.2, 0.25) is 0 Å². The van der Waals surface area contributed by atoms with Crippen LogP contribution in [0.3, 0.4) is 0 Å². The molecule has 0 aromatic rings. The van der Waals surface area contributed by atoms with Crippen molar-refractivity contribution >= 4 is 0 Å². The molecule has 0 aromatic heterocycles. The second-order valence-electron chi connectivity index (χ2n) is 2.28. The van der Waals surface area contributed by atoms with E-state index in [-0.39, 0.29) is 11.5 Å². The van der Waals surface area contributed by atoms with E-state index in [1.807, 2.05) is 0 Å². The highest BCUT2D eigenvalue weighted by Crippen LogP contribution is 2.16. The zero-order valence-electron chi connectivity index (χ0n) is 6.06. The van der Waals surface area contributed by atoms with Crippen LogP contribution in [0.4, 0.5) is 0 Å². The summed E-state index contributed by atoms with van der Waals surface area (Å²) in [6, 6.07) is 0. The van der Waals surface area contributed by atoms with E-state index in [2.05, 4.69) is 0 Å². The van der Waals surface area contributed by atoms with E-state index in [0.717, 1.165) is 6.08 Å². The van der Waals surface area contributed by atoms with Gasteiger partial charge in [-0.25, -0.2) is 0 Å². The highest BCUT2D eigenvalue weighted by Gasteiger charge is 2.21. The number of ether oxygens (including phenoxy) is 1. The Morgan fingerprint density at radius 3 is 2.45 bits per heavy atom. The van der Waals surface area contributed by atoms with E-state index in [0.29, 0.717) is 0 Å². The van der Waals surface area contributed by atoms with Crippen LogP contribution in [0.5, 0.6) is 0 Å². The van der Waals surface area contributed by atoms with E-state index in [4.69, 9.17) is 20.1 Å². The minimum Gasteiger partial charge on any atom is -0.509 e. The number of methoxy groups -OCH3 is 1. The number of hydrogen-bond acceptors (Lipinski definition) is 4. The fraction of sp³-hybridized carbons (Fsp3) is 0.429. The summed E-state index contributed by atoms with van der Waals surface area (Å²) in [5, 5.41) is 27.0. The molecule has 0 amide bonds. The molecule has 1 rings (SSSR count). The molecule has 1 aliphatic rings. The third-order valence-corrected chi connectivity index (χ3v) is 1.50. The Kier molecular flexibility index (Phi) is 2.16. The first-order chi connectivity index (χ1) is 5.15. The first-order valence-corrected chi connectivity index (χ1v) is 3.17. The van der Waals surface area contributed by atoms with E-state index in [1.165, 1.54) is 13.2 Å². The van der Waals surface area contributed by atoms with Crippen molar-refractivity contribution in [3.05, 3.63) is 23.7 Å². The molecule has 0 radical (unpaired) electrons. The van der Waals surface area contributed by atoms with Crippen molar-refractivity contribution in [2.24, 2.45) is 0 Å². The average Bonchev–Trinajstić information content (AvgIpc) is 1.97. The molecule has 2 atom stereocenters. The predicted octanol–water partition coefficient (Wildman–Crippen LogP) is 0.260. The topological polar surface area (TPSA) is 69.9 Å². The molecule has 0 saturated heterocycles. The third-order valence-electron chi connectivity index (χ3n) is 1.50. The van der Waals surface area contributed by atoms with Crippen molar-refractivity contribution < 1.29 is 20.1 Å². The Morgan fingerprint density at radius 1 is 1.27 bits per heavy atom. The standard InChI is InChI=1S/C7H10O4/c1-11-7-3-5(9)4(8)2-6(7)10/h2-4,7-10H,1H3. The minimum atomic E-state index is -1.11. The SMILES string of the molecule is COC1C=C(O)C(O)C=C1O. The Morgan fingerprint density at radius 2 is 1.91 bits per heavy atom. The molecular weight excluding hydrogens is 148 g/mol. The largest absolute Gasteiger partial charge is 0.509 e. The summed E-state index contributed by atoms with van der Waals surface area (Å²) < 4.78 is 4.76. The monoisotopic (exact) mass is 158 g/mol. The van der Waals surface area contributed by atoms with Crippen molar-refractivity contribution in [1.29, 1.82) is 0 Å². The van der Waals surface area contributed by atoms with Gasteiger partial charge in [0.05, 0.1) is 0 Å². The fourth-order valence-corrected chi connectivity index (χ4v) is 0.870. The van der Waals surface area contributed by atoms with Gasteiger partial charge in [-0.3, -0.25) is 0 Å². The maximum atomic E-state index is 9.08. The fourth-order valence-electron chi connectivity index (χ4n) is 0.870. The molecule has 0 aromatic carbocycles. The highest BCUT2D eigenvalue weighted by atomic mass is 16.5. The quantitative estimate of drug-likeness (QED) is 0.512. The van der Waals surface area contributed by atoms with Gasteiger partial charge in [-0.05, 0) is 12.2 Å². The molecule has 0 fully saturated rings. The lowest BCUT2D eigenvalue weighted by Crippen LogP contribution is -2.22. The van der Waals surface area contributed by atoms with Crippen molar-refractivity contribution in [3.63, 3.8) is 0 Å². The van der Waals surface area contributed by atoms with E-state index < -0.39 is 12.2 Å². The number of aliphatic hydroxyl groups excluding tert-OH is 3. The van der Waals surface area contributed by atoms with Crippen molar-refractivity contribution in [2.45, 2.75) is 12.2 Å². The summed E-state index contributed by atoms with van der Waals surface area (Å²) in [7, 11) is 1.40. The van der Waals surface area contributed by atoms with Gasteiger partial charge in [-0.15, -0.1) is 0 Å². The summed E-state index contributed by atoms with van der Waals surface area (Å²) in [6.45, 7) is 0. The van der Waals surface area contributed by atoms with Crippen LogP contribution >= 0.6 is 0 Å². The Labute approximate surface area is 64.0 Å².